The molecule has 8 nitrogen and oxygen atoms in total. The van der Waals surface area contributed by atoms with Crippen LogP contribution in [0.15, 0.2) is 30.6 Å². The number of cyclic esters (lactones) is 1. The lowest BCUT2D eigenvalue weighted by Gasteiger charge is -2.37. The van der Waals surface area contributed by atoms with E-state index in [9.17, 15) is 4.79 Å². The molecular formula is C26H31N5O3. The zero-order chi connectivity index (χ0) is 24.1. The molecule has 2 aliphatic rings. The molecule has 0 radical (unpaired) electrons. The molecule has 0 bridgehead atoms. The fraction of sp³-hybridized carbons (Fsp3) is 0.462. The van der Waals surface area contributed by atoms with Gasteiger partial charge >= 0.3 is 5.97 Å². The van der Waals surface area contributed by atoms with Gasteiger partial charge < -0.3 is 20.1 Å². The highest BCUT2D eigenvalue weighted by molar-refractivity contribution is 5.93. The second kappa shape index (κ2) is 8.20. The van der Waals surface area contributed by atoms with Crippen LogP contribution in [-0.4, -0.2) is 39.7 Å². The van der Waals surface area contributed by atoms with Crippen LogP contribution in [0.25, 0.3) is 10.8 Å². The summed E-state index contributed by atoms with van der Waals surface area (Å²) >= 11 is 0. The molecule has 1 aliphatic heterocycles. The van der Waals surface area contributed by atoms with Crippen LogP contribution in [0, 0.1) is 0 Å². The molecular weight excluding hydrogens is 430 g/mol. The van der Waals surface area contributed by atoms with Gasteiger partial charge in [0, 0.05) is 30.4 Å². The first-order valence-corrected chi connectivity index (χ1v) is 11.8. The summed E-state index contributed by atoms with van der Waals surface area (Å²) in [4.78, 5) is 26.1. The van der Waals surface area contributed by atoms with Crippen LogP contribution in [0.2, 0.25) is 0 Å². The van der Waals surface area contributed by atoms with Gasteiger partial charge in [-0.1, -0.05) is 6.42 Å². The maximum absolute atomic E-state index is 12.3. The van der Waals surface area contributed by atoms with E-state index in [0.29, 0.717) is 35.5 Å². The van der Waals surface area contributed by atoms with E-state index in [1.807, 2.05) is 26.1 Å². The molecule has 8 heteroatoms. The standard InChI is InChI=1S/C26H31N5O3/c1-25(2)12-20-16(24(32)34-25)9-10-21(29-20)30-22-11-17-18(13-27-22)23(33-5)28-14-19(17)26(3,4)31-15-7-6-8-15/h9-11,13-15,31H,6-8,12H2,1-5H3,(H,27,29,30). The summed E-state index contributed by atoms with van der Waals surface area (Å²) in [6.45, 7) is 8.16. The van der Waals surface area contributed by atoms with Crippen molar-refractivity contribution in [3.63, 3.8) is 0 Å². The highest BCUT2D eigenvalue weighted by Crippen LogP contribution is 2.35. The molecule has 5 rings (SSSR count). The lowest BCUT2D eigenvalue weighted by molar-refractivity contribution is -0.00714. The van der Waals surface area contributed by atoms with Gasteiger partial charge in [-0.15, -0.1) is 0 Å². The maximum atomic E-state index is 12.3. The molecule has 1 fully saturated rings. The summed E-state index contributed by atoms with van der Waals surface area (Å²) in [6.07, 6.45) is 7.91. The predicted molar refractivity (Wildman–Crippen MR) is 131 cm³/mol. The Morgan fingerprint density at radius 3 is 2.62 bits per heavy atom. The number of esters is 1. The molecule has 0 spiro atoms. The third kappa shape index (κ3) is 4.18. The van der Waals surface area contributed by atoms with E-state index in [4.69, 9.17) is 14.5 Å². The van der Waals surface area contributed by atoms with E-state index in [1.54, 1.807) is 25.4 Å². The predicted octanol–water partition coefficient (Wildman–Crippen LogP) is 4.65. The quantitative estimate of drug-likeness (QED) is 0.512. The van der Waals surface area contributed by atoms with Gasteiger partial charge in [0.15, 0.2) is 0 Å². The first-order chi connectivity index (χ1) is 16.1. The topological polar surface area (TPSA) is 98.3 Å². The number of nitrogens with one attached hydrogen (secondary N) is 2. The van der Waals surface area contributed by atoms with E-state index in [0.717, 1.165) is 22.0 Å². The molecule has 2 N–H and O–H groups in total. The lowest BCUT2D eigenvalue weighted by atomic mass is 9.86. The zero-order valence-corrected chi connectivity index (χ0v) is 20.4. The number of hydrogen-bond donors (Lipinski definition) is 2. The Labute approximate surface area is 199 Å². The monoisotopic (exact) mass is 461 g/mol. The number of carbonyl (C=O) groups is 1. The third-order valence-electron chi connectivity index (χ3n) is 6.68. The molecule has 1 aliphatic carbocycles. The van der Waals surface area contributed by atoms with Gasteiger partial charge in [0.25, 0.3) is 0 Å². The Kier molecular flexibility index (Phi) is 5.43. The van der Waals surface area contributed by atoms with Gasteiger partial charge in [-0.3, -0.25) is 0 Å². The van der Waals surface area contributed by atoms with Gasteiger partial charge in [-0.2, -0.15) is 0 Å². The summed E-state index contributed by atoms with van der Waals surface area (Å²) in [5.74, 6) is 1.50. The van der Waals surface area contributed by atoms with Crippen molar-refractivity contribution >= 4 is 28.4 Å². The van der Waals surface area contributed by atoms with E-state index >= 15 is 0 Å². The number of fused-ring (bicyclic) bond motifs is 2. The Morgan fingerprint density at radius 2 is 1.91 bits per heavy atom. The molecule has 1 saturated carbocycles. The number of pyridine rings is 3. The van der Waals surface area contributed by atoms with Crippen molar-refractivity contribution in [1.29, 1.82) is 0 Å². The van der Waals surface area contributed by atoms with Crippen molar-refractivity contribution < 1.29 is 14.3 Å². The number of anilines is 2. The van der Waals surface area contributed by atoms with Gasteiger partial charge in [0.05, 0.1) is 23.8 Å². The van der Waals surface area contributed by atoms with Crippen molar-refractivity contribution in [2.45, 2.75) is 70.6 Å². The lowest BCUT2D eigenvalue weighted by Crippen LogP contribution is -2.47. The molecule has 0 unspecified atom stereocenters. The van der Waals surface area contributed by atoms with Crippen LogP contribution in [0.4, 0.5) is 11.6 Å². The fourth-order valence-corrected chi connectivity index (χ4v) is 4.75. The Morgan fingerprint density at radius 1 is 1.12 bits per heavy atom. The van der Waals surface area contributed by atoms with Crippen molar-refractivity contribution in [1.82, 2.24) is 20.3 Å². The van der Waals surface area contributed by atoms with Gasteiger partial charge in [-0.05, 0) is 69.7 Å². The summed E-state index contributed by atoms with van der Waals surface area (Å²) in [6, 6.07) is 6.08. The molecule has 34 heavy (non-hydrogen) atoms. The number of methoxy groups -OCH3 is 1. The Hall–Kier alpha value is -3.26. The van der Waals surface area contributed by atoms with Crippen LogP contribution >= 0.6 is 0 Å². The molecule has 0 saturated heterocycles. The Balaban J connectivity index is 1.51. The number of rotatable bonds is 6. The minimum atomic E-state index is -0.575. The number of hydrogen-bond acceptors (Lipinski definition) is 8. The highest BCUT2D eigenvalue weighted by Gasteiger charge is 2.33. The first kappa shape index (κ1) is 22.5. The normalized spacial score (nSPS) is 17.6. The third-order valence-corrected chi connectivity index (χ3v) is 6.68. The minimum Gasteiger partial charge on any atom is -0.481 e. The number of carbonyl (C=O) groups excluding carboxylic acids is 1. The summed E-state index contributed by atoms with van der Waals surface area (Å²) in [7, 11) is 1.62. The average molecular weight is 462 g/mol. The summed E-state index contributed by atoms with van der Waals surface area (Å²) < 4.78 is 11.0. The first-order valence-electron chi connectivity index (χ1n) is 11.8. The largest absolute Gasteiger partial charge is 0.481 e. The fourth-order valence-electron chi connectivity index (χ4n) is 4.75. The average Bonchev–Trinajstić information content (AvgIpc) is 2.74. The van der Waals surface area contributed by atoms with E-state index < -0.39 is 5.60 Å². The van der Waals surface area contributed by atoms with Crippen LogP contribution in [0.3, 0.4) is 0 Å². The van der Waals surface area contributed by atoms with Crippen molar-refractivity contribution in [2.75, 3.05) is 12.4 Å². The van der Waals surface area contributed by atoms with Crippen LogP contribution in [0.5, 0.6) is 5.88 Å². The molecule has 3 aromatic rings. The molecule has 3 aromatic heterocycles. The van der Waals surface area contributed by atoms with Gasteiger partial charge in [0.1, 0.15) is 17.2 Å². The number of nitrogens with zero attached hydrogens (tertiary/aromatic N) is 3. The second-order valence-corrected chi connectivity index (χ2v) is 10.3. The van der Waals surface area contributed by atoms with E-state index in [2.05, 4.69) is 34.4 Å². The maximum Gasteiger partial charge on any atom is 0.340 e. The number of aromatic nitrogens is 3. The van der Waals surface area contributed by atoms with Gasteiger partial charge in [-0.25, -0.2) is 19.7 Å². The van der Waals surface area contributed by atoms with Gasteiger partial charge in [0.2, 0.25) is 5.88 Å². The highest BCUT2D eigenvalue weighted by atomic mass is 16.6. The molecule has 0 atom stereocenters. The smallest absolute Gasteiger partial charge is 0.340 e. The second-order valence-electron chi connectivity index (χ2n) is 10.3. The molecule has 0 amide bonds. The van der Waals surface area contributed by atoms with Crippen molar-refractivity contribution in [2.24, 2.45) is 0 Å². The Bertz CT molecular complexity index is 1270. The van der Waals surface area contributed by atoms with E-state index in [-0.39, 0.29) is 11.5 Å². The SMILES string of the molecule is COc1ncc(C(C)(C)NC2CCC2)c2cc(Nc3ccc4c(n3)CC(C)(C)OC4=O)ncc12. The molecule has 0 aromatic carbocycles. The molecule has 178 valence electrons. The van der Waals surface area contributed by atoms with Crippen LogP contribution < -0.4 is 15.4 Å². The van der Waals surface area contributed by atoms with E-state index in [1.165, 1.54) is 19.3 Å². The molecule has 4 heterocycles. The van der Waals surface area contributed by atoms with Crippen molar-refractivity contribution in [3.8, 4) is 5.88 Å². The summed E-state index contributed by atoms with van der Waals surface area (Å²) in [5, 5.41) is 8.96. The van der Waals surface area contributed by atoms with Crippen LogP contribution in [-0.2, 0) is 16.7 Å². The van der Waals surface area contributed by atoms with Crippen LogP contribution in [0.1, 0.15) is 68.6 Å². The summed E-state index contributed by atoms with van der Waals surface area (Å²) in [5.41, 5.74) is 1.48. The minimum absolute atomic E-state index is 0.267. The number of ether oxygens (including phenoxy) is 2. The van der Waals surface area contributed by atoms with Crippen molar-refractivity contribution in [3.05, 3.63) is 47.4 Å². The zero-order valence-electron chi connectivity index (χ0n) is 20.4.